The number of carbonyl (C=O) groups is 1. The predicted molar refractivity (Wildman–Crippen MR) is 69.1 cm³/mol. The molecule has 0 aliphatic carbocycles. The number of nitrogens with one attached hydrogen (secondary N) is 1. The smallest absolute Gasteiger partial charge is 0.410 e. The maximum absolute atomic E-state index is 10.5. The van der Waals surface area contributed by atoms with Gasteiger partial charge in [0.05, 0.1) is 13.2 Å². The number of carboxylic acid groups (broad SMARTS) is 1. The predicted octanol–water partition coefficient (Wildman–Crippen LogP) is 1.09. The number of hydrogen-bond donors (Lipinski definition) is 2. The largest absolute Gasteiger partial charge is 0.465 e. The van der Waals surface area contributed by atoms with Gasteiger partial charge < -0.3 is 14.7 Å². The number of ether oxygens (including phenoxy) is 1. The van der Waals surface area contributed by atoms with Gasteiger partial charge in [0.15, 0.2) is 0 Å². The number of thioether (sulfide) groups is 1. The summed E-state index contributed by atoms with van der Waals surface area (Å²) in [6.07, 6.45) is 2.21. The third kappa shape index (κ3) is 3.23. The summed E-state index contributed by atoms with van der Waals surface area (Å²) in [5.74, 6) is 0.982. The summed E-state index contributed by atoms with van der Waals surface area (Å²) < 4.78 is 5.54. The molecule has 98 valence electrons. The first-order valence-electron chi connectivity index (χ1n) is 5.40. The van der Waals surface area contributed by atoms with E-state index in [1.165, 1.54) is 6.33 Å². The molecule has 1 aromatic heterocycles. The Bertz CT molecular complexity index is 431. The van der Waals surface area contributed by atoms with E-state index in [0.29, 0.717) is 12.4 Å². The Balaban J connectivity index is 2.09. The van der Waals surface area contributed by atoms with Crippen LogP contribution in [0.15, 0.2) is 12.4 Å². The van der Waals surface area contributed by atoms with Gasteiger partial charge >= 0.3 is 6.09 Å². The number of amides is 1. The number of hydrogen-bond acceptors (Lipinski definition) is 6. The van der Waals surface area contributed by atoms with E-state index in [9.17, 15) is 4.79 Å². The first-order chi connectivity index (χ1) is 8.69. The van der Waals surface area contributed by atoms with Gasteiger partial charge in [-0.2, -0.15) is 0 Å². The minimum atomic E-state index is -1.14. The molecule has 2 rings (SSSR count). The van der Waals surface area contributed by atoms with Crippen molar-refractivity contribution in [3.63, 3.8) is 0 Å². The Morgan fingerprint density at radius 1 is 1.67 bits per heavy atom. The quantitative estimate of drug-likeness (QED) is 0.850. The van der Waals surface area contributed by atoms with E-state index in [1.54, 1.807) is 17.8 Å². The van der Waals surface area contributed by atoms with Gasteiger partial charge in [-0.15, -0.1) is 11.8 Å². The van der Waals surface area contributed by atoms with Crippen LogP contribution in [0.25, 0.3) is 0 Å². The molecule has 1 unspecified atom stereocenters. The van der Waals surface area contributed by atoms with E-state index in [1.807, 2.05) is 6.26 Å². The average Bonchev–Trinajstić information content (AvgIpc) is 2.38. The SMILES string of the molecule is CSC1CN(c2cc(NC(=O)O)ncn2)CCO1. The Morgan fingerprint density at radius 3 is 3.22 bits per heavy atom. The Hall–Kier alpha value is -1.54. The molecule has 0 aromatic carbocycles. The second kappa shape index (κ2) is 5.87. The maximum atomic E-state index is 10.5. The highest BCUT2D eigenvalue weighted by atomic mass is 32.2. The molecule has 0 bridgehead atoms. The zero-order chi connectivity index (χ0) is 13.0. The summed E-state index contributed by atoms with van der Waals surface area (Å²) in [7, 11) is 0. The molecule has 0 radical (unpaired) electrons. The minimum absolute atomic E-state index is 0.115. The molecule has 1 amide bonds. The van der Waals surface area contributed by atoms with Crippen molar-refractivity contribution in [3.8, 4) is 0 Å². The van der Waals surface area contributed by atoms with Crippen LogP contribution < -0.4 is 10.2 Å². The third-order valence-corrected chi connectivity index (χ3v) is 3.32. The van der Waals surface area contributed by atoms with Gasteiger partial charge in [0, 0.05) is 12.6 Å². The number of rotatable bonds is 3. The van der Waals surface area contributed by atoms with Crippen molar-refractivity contribution in [3.05, 3.63) is 12.4 Å². The molecule has 8 heteroatoms. The van der Waals surface area contributed by atoms with E-state index in [-0.39, 0.29) is 11.3 Å². The highest BCUT2D eigenvalue weighted by Crippen LogP contribution is 2.20. The van der Waals surface area contributed by atoms with Gasteiger partial charge in [-0.25, -0.2) is 14.8 Å². The van der Waals surface area contributed by atoms with Crippen LogP contribution in [0.5, 0.6) is 0 Å². The second-order valence-electron chi connectivity index (χ2n) is 3.67. The molecular weight excluding hydrogens is 256 g/mol. The van der Waals surface area contributed by atoms with Crippen molar-refractivity contribution in [1.29, 1.82) is 0 Å². The van der Waals surface area contributed by atoms with Gasteiger partial charge in [-0.05, 0) is 6.26 Å². The summed E-state index contributed by atoms with van der Waals surface area (Å²) >= 11 is 1.64. The first-order valence-corrected chi connectivity index (χ1v) is 6.69. The lowest BCUT2D eigenvalue weighted by Gasteiger charge is -2.32. The van der Waals surface area contributed by atoms with Crippen LogP contribution in [-0.2, 0) is 4.74 Å². The van der Waals surface area contributed by atoms with Crippen molar-refractivity contribution in [2.75, 3.05) is 36.2 Å². The van der Waals surface area contributed by atoms with Crippen LogP contribution in [0, 0.1) is 0 Å². The summed E-state index contributed by atoms with van der Waals surface area (Å²) in [6, 6.07) is 1.62. The summed E-state index contributed by atoms with van der Waals surface area (Å²) in [6.45, 7) is 2.10. The van der Waals surface area contributed by atoms with E-state index in [0.717, 1.165) is 13.1 Å². The van der Waals surface area contributed by atoms with Crippen molar-refractivity contribution < 1.29 is 14.6 Å². The summed E-state index contributed by atoms with van der Waals surface area (Å²) in [4.78, 5) is 20.6. The van der Waals surface area contributed by atoms with E-state index in [4.69, 9.17) is 9.84 Å². The molecule has 2 heterocycles. The molecule has 1 fully saturated rings. The van der Waals surface area contributed by atoms with Crippen LogP contribution >= 0.6 is 11.8 Å². The minimum Gasteiger partial charge on any atom is -0.465 e. The van der Waals surface area contributed by atoms with Crippen molar-refractivity contribution in [2.24, 2.45) is 0 Å². The van der Waals surface area contributed by atoms with Gasteiger partial charge in [0.1, 0.15) is 23.4 Å². The van der Waals surface area contributed by atoms with Gasteiger partial charge in [-0.1, -0.05) is 0 Å². The highest BCUT2D eigenvalue weighted by Gasteiger charge is 2.20. The Labute approximate surface area is 109 Å². The fourth-order valence-corrected chi connectivity index (χ4v) is 2.23. The standard InChI is InChI=1S/C10H14N4O3S/c1-18-9-5-14(2-3-17-9)8-4-7(11-6-12-8)13-10(15)16/h4,6,9H,2-3,5H2,1H3,(H,15,16)(H,11,12,13). The molecule has 1 saturated heterocycles. The Kier molecular flexibility index (Phi) is 4.21. The topological polar surface area (TPSA) is 87.6 Å². The van der Waals surface area contributed by atoms with E-state index >= 15 is 0 Å². The van der Waals surface area contributed by atoms with Crippen molar-refractivity contribution in [1.82, 2.24) is 9.97 Å². The van der Waals surface area contributed by atoms with E-state index < -0.39 is 6.09 Å². The fourth-order valence-electron chi connectivity index (χ4n) is 1.67. The molecule has 1 aliphatic heterocycles. The van der Waals surface area contributed by atoms with E-state index in [2.05, 4.69) is 20.2 Å². The lowest BCUT2D eigenvalue weighted by Crippen LogP contribution is -2.41. The highest BCUT2D eigenvalue weighted by molar-refractivity contribution is 7.99. The van der Waals surface area contributed by atoms with Crippen LogP contribution in [0.1, 0.15) is 0 Å². The van der Waals surface area contributed by atoms with Gasteiger partial charge in [-0.3, -0.25) is 5.32 Å². The van der Waals surface area contributed by atoms with Gasteiger partial charge in [0.25, 0.3) is 0 Å². The van der Waals surface area contributed by atoms with Crippen molar-refractivity contribution >= 4 is 29.5 Å². The lowest BCUT2D eigenvalue weighted by atomic mass is 10.4. The normalized spacial score (nSPS) is 19.6. The molecule has 1 aliphatic rings. The summed E-state index contributed by atoms with van der Waals surface area (Å²) in [5, 5.41) is 10.9. The average molecular weight is 270 g/mol. The van der Waals surface area contributed by atoms with Crippen LogP contribution in [-0.4, -0.2) is 52.6 Å². The number of morpholine rings is 1. The number of anilines is 2. The Morgan fingerprint density at radius 2 is 2.50 bits per heavy atom. The zero-order valence-electron chi connectivity index (χ0n) is 9.87. The molecule has 0 spiro atoms. The fraction of sp³-hybridized carbons (Fsp3) is 0.500. The zero-order valence-corrected chi connectivity index (χ0v) is 10.7. The third-order valence-electron chi connectivity index (χ3n) is 2.51. The van der Waals surface area contributed by atoms with Crippen LogP contribution in [0.2, 0.25) is 0 Å². The molecule has 18 heavy (non-hydrogen) atoms. The lowest BCUT2D eigenvalue weighted by molar-refractivity contribution is 0.0982. The molecule has 0 saturated carbocycles. The second-order valence-corrected chi connectivity index (χ2v) is 4.67. The molecule has 7 nitrogen and oxygen atoms in total. The molecule has 2 N–H and O–H groups in total. The number of aromatic nitrogens is 2. The molecule has 1 atom stereocenters. The molecule has 1 aromatic rings. The first kappa shape index (κ1) is 12.9. The van der Waals surface area contributed by atoms with Gasteiger partial charge in [0.2, 0.25) is 0 Å². The summed E-state index contributed by atoms with van der Waals surface area (Å²) in [5.41, 5.74) is 0.115. The van der Waals surface area contributed by atoms with Crippen molar-refractivity contribution in [2.45, 2.75) is 5.44 Å². The number of nitrogens with zero attached hydrogens (tertiary/aromatic N) is 3. The monoisotopic (exact) mass is 270 g/mol. The van der Waals surface area contributed by atoms with Crippen LogP contribution in [0.3, 0.4) is 0 Å². The maximum Gasteiger partial charge on any atom is 0.410 e. The molecular formula is C10H14N4O3S. The van der Waals surface area contributed by atoms with Crippen LogP contribution in [0.4, 0.5) is 16.4 Å².